The number of rotatable bonds is 8. The minimum atomic E-state index is -0.112. The Morgan fingerprint density at radius 3 is 2.68 bits per heavy atom. The summed E-state index contributed by atoms with van der Waals surface area (Å²) in [6.07, 6.45) is 2.11. The number of carbonyl (C=O) groups excluding carboxylic acids is 2. The maximum Gasteiger partial charge on any atom is 0.226 e. The summed E-state index contributed by atoms with van der Waals surface area (Å²) in [5, 5.41) is 7.92. The molecule has 0 fully saturated rings. The van der Waals surface area contributed by atoms with E-state index in [1.807, 2.05) is 5.38 Å². The second-order valence-corrected chi connectivity index (χ2v) is 7.46. The molecule has 2 aromatic heterocycles. The third-order valence-electron chi connectivity index (χ3n) is 4.17. The Kier molecular flexibility index (Phi) is 6.60. The Labute approximate surface area is 168 Å². The Morgan fingerprint density at radius 2 is 1.93 bits per heavy atom. The van der Waals surface area contributed by atoms with Crippen molar-refractivity contribution in [2.24, 2.45) is 0 Å². The van der Waals surface area contributed by atoms with Crippen molar-refractivity contribution in [2.75, 3.05) is 5.32 Å². The van der Waals surface area contributed by atoms with Gasteiger partial charge in [-0.15, -0.1) is 11.3 Å². The molecule has 2 heterocycles. The zero-order chi connectivity index (χ0) is 19.9. The maximum absolute atomic E-state index is 12.1. The molecule has 0 unspecified atom stereocenters. The highest BCUT2D eigenvalue weighted by Gasteiger charge is 2.11. The van der Waals surface area contributed by atoms with E-state index >= 15 is 0 Å². The summed E-state index contributed by atoms with van der Waals surface area (Å²) in [6.45, 7) is 3.86. The van der Waals surface area contributed by atoms with Gasteiger partial charge in [0.2, 0.25) is 11.8 Å². The zero-order valence-corrected chi connectivity index (χ0v) is 16.8. The monoisotopic (exact) mass is 397 g/mol. The summed E-state index contributed by atoms with van der Waals surface area (Å²) in [5.41, 5.74) is 3.14. The lowest BCUT2D eigenvalue weighted by molar-refractivity contribution is -0.119. The standard InChI is InChI=1S/C21H23N3O3S/c1-14-6-8-16(9-7-14)4-3-5-20(26)24-21-23-18(13-28-21)19-11-10-17(27-19)12-22-15(2)25/h6-11,13H,3-5,12H2,1-2H3,(H,22,25)(H,23,24,26). The number of amides is 2. The van der Waals surface area contributed by atoms with Crippen molar-refractivity contribution in [3.8, 4) is 11.5 Å². The molecule has 0 atom stereocenters. The smallest absolute Gasteiger partial charge is 0.226 e. The summed E-state index contributed by atoms with van der Waals surface area (Å²) < 4.78 is 5.68. The zero-order valence-electron chi connectivity index (χ0n) is 16.0. The van der Waals surface area contributed by atoms with Crippen LogP contribution in [0.5, 0.6) is 0 Å². The maximum atomic E-state index is 12.1. The summed E-state index contributed by atoms with van der Waals surface area (Å²) in [6, 6.07) is 12.0. The molecule has 2 amide bonds. The van der Waals surface area contributed by atoms with E-state index in [4.69, 9.17) is 4.42 Å². The van der Waals surface area contributed by atoms with Crippen LogP contribution in [-0.4, -0.2) is 16.8 Å². The molecule has 0 aliphatic rings. The quantitative estimate of drug-likeness (QED) is 0.593. The third-order valence-corrected chi connectivity index (χ3v) is 4.92. The first-order valence-electron chi connectivity index (χ1n) is 9.14. The van der Waals surface area contributed by atoms with E-state index in [0.717, 1.165) is 12.8 Å². The van der Waals surface area contributed by atoms with Crippen LogP contribution in [0.25, 0.3) is 11.5 Å². The van der Waals surface area contributed by atoms with E-state index in [-0.39, 0.29) is 11.8 Å². The highest BCUT2D eigenvalue weighted by molar-refractivity contribution is 7.14. The number of aromatic nitrogens is 1. The Balaban J connectivity index is 1.47. The van der Waals surface area contributed by atoms with Gasteiger partial charge in [-0.2, -0.15) is 0 Å². The van der Waals surface area contributed by atoms with Gasteiger partial charge in [-0.25, -0.2) is 4.98 Å². The van der Waals surface area contributed by atoms with Crippen molar-refractivity contribution < 1.29 is 14.0 Å². The molecule has 146 valence electrons. The lowest BCUT2D eigenvalue weighted by Gasteiger charge is -2.03. The predicted molar refractivity (Wildman–Crippen MR) is 110 cm³/mol. The number of nitrogens with zero attached hydrogens (tertiary/aromatic N) is 1. The lowest BCUT2D eigenvalue weighted by Crippen LogP contribution is -2.18. The molecular formula is C21H23N3O3S. The van der Waals surface area contributed by atoms with Crippen LogP contribution in [0.4, 0.5) is 5.13 Å². The fourth-order valence-electron chi connectivity index (χ4n) is 2.66. The van der Waals surface area contributed by atoms with Crippen LogP contribution in [0.3, 0.4) is 0 Å². The molecule has 0 aliphatic heterocycles. The highest BCUT2D eigenvalue weighted by Crippen LogP contribution is 2.26. The normalized spacial score (nSPS) is 10.6. The number of hydrogen-bond acceptors (Lipinski definition) is 5. The summed E-state index contributed by atoms with van der Waals surface area (Å²) in [7, 11) is 0. The van der Waals surface area contributed by atoms with Crippen LogP contribution in [0.1, 0.15) is 36.7 Å². The van der Waals surface area contributed by atoms with Gasteiger partial charge in [0.15, 0.2) is 10.9 Å². The molecule has 1 aromatic carbocycles. The molecule has 0 radical (unpaired) electrons. The molecule has 6 nitrogen and oxygen atoms in total. The molecule has 0 spiro atoms. The van der Waals surface area contributed by atoms with Crippen molar-refractivity contribution in [3.05, 3.63) is 58.7 Å². The van der Waals surface area contributed by atoms with E-state index in [2.05, 4.69) is 46.8 Å². The van der Waals surface area contributed by atoms with E-state index in [0.29, 0.717) is 35.3 Å². The molecular weight excluding hydrogens is 374 g/mol. The average Bonchev–Trinajstić information content (AvgIpc) is 3.31. The Morgan fingerprint density at radius 1 is 1.14 bits per heavy atom. The molecule has 3 rings (SSSR count). The highest BCUT2D eigenvalue weighted by atomic mass is 32.1. The molecule has 0 bridgehead atoms. The summed E-state index contributed by atoms with van der Waals surface area (Å²) >= 11 is 1.36. The fourth-order valence-corrected chi connectivity index (χ4v) is 3.37. The van der Waals surface area contributed by atoms with Crippen molar-refractivity contribution in [2.45, 2.75) is 39.7 Å². The average molecular weight is 398 g/mol. The van der Waals surface area contributed by atoms with Gasteiger partial charge in [-0.1, -0.05) is 29.8 Å². The number of nitrogens with one attached hydrogen (secondary N) is 2. The molecule has 2 N–H and O–H groups in total. The van der Waals surface area contributed by atoms with Crippen LogP contribution < -0.4 is 10.6 Å². The largest absolute Gasteiger partial charge is 0.458 e. The number of furan rings is 1. The minimum absolute atomic E-state index is 0.0428. The van der Waals surface area contributed by atoms with E-state index in [9.17, 15) is 9.59 Å². The predicted octanol–water partition coefficient (Wildman–Crippen LogP) is 4.31. The SMILES string of the molecule is CC(=O)NCc1ccc(-c2csc(NC(=O)CCCc3ccc(C)cc3)n2)o1. The number of hydrogen-bond donors (Lipinski definition) is 2. The second kappa shape index (κ2) is 9.32. The van der Waals surface area contributed by atoms with Gasteiger partial charge < -0.3 is 15.1 Å². The second-order valence-electron chi connectivity index (χ2n) is 6.60. The summed E-state index contributed by atoms with van der Waals surface area (Å²) in [5.74, 6) is 1.11. The van der Waals surface area contributed by atoms with Gasteiger partial charge in [-0.05, 0) is 37.5 Å². The Hall–Kier alpha value is -2.93. The number of benzene rings is 1. The van der Waals surface area contributed by atoms with Crippen LogP contribution in [0.15, 0.2) is 46.2 Å². The van der Waals surface area contributed by atoms with Crippen LogP contribution in [0, 0.1) is 6.92 Å². The van der Waals surface area contributed by atoms with Crippen molar-refractivity contribution >= 4 is 28.3 Å². The number of aryl methyl sites for hydroxylation is 2. The van der Waals surface area contributed by atoms with Gasteiger partial charge in [0.1, 0.15) is 11.5 Å². The van der Waals surface area contributed by atoms with E-state index in [1.165, 1.54) is 29.4 Å². The number of anilines is 1. The van der Waals surface area contributed by atoms with Gasteiger partial charge >= 0.3 is 0 Å². The molecule has 0 aliphatic carbocycles. The molecule has 0 saturated carbocycles. The Bertz CT molecular complexity index is 944. The molecule has 3 aromatic rings. The number of thiazole rings is 1. The number of carbonyl (C=O) groups is 2. The fraction of sp³-hybridized carbons (Fsp3) is 0.286. The van der Waals surface area contributed by atoms with Gasteiger partial charge in [-0.3, -0.25) is 9.59 Å². The first-order valence-corrected chi connectivity index (χ1v) is 10.0. The van der Waals surface area contributed by atoms with E-state index in [1.54, 1.807) is 12.1 Å². The first-order chi connectivity index (χ1) is 13.5. The van der Waals surface area contributed by atoms with E-state index < -0.39 is 0 Å². The van der Waals surface area contributed by atoms with Crippen LogP contribution in [-0.2, 0) is 22.6 Å². The van der Waals surface area contributed by atoms with Gasteiger partial charge in [0.05, 0.1) is 6.54 Å². The molecule has 7 heteroatoms. The van der Waals surface area contributed by atoms with Crippen molar-refractivity contribution in [3.63, 3.8) is 0 Å². The van der Waals surface area contributed by atoms with Crippen molar-refractivity contribution in [1.82, 2.24) is 10.3 Å². The van der Waals surface area contributed by atoms with Gasteiger partial charge in [0, 0.05) is 18.7 Å². The topological polar surface area (TPSA) is 84.2 Å². The summed E-state index contributed by atoms with van der Waals surface area (Å²) in [4.78, 5) is 27.5. The minimum Gasteiger partial charge on any atom is -0.458 e. The lowest BCUT2D eigenvalue weighted by atomic mass is 10.1. The van der Waals surface area contributed by atoms with Crippen LogP contribution >= 0.6 is 11.3 Å². The van der Waals surface area contributed by atoms with Gasteiger partial charge in [0.25, 0.3) is 0 Å². The van der Waals surface area contributed by atoms with Crippen molar-refractivity contribution in [1.29, 1.82) is 0 Å². The first kappa shape index (κ1) is 19.8. The van der Waals surface area contributed by atoms with Crippen LogP contribution in [0.2, 0.25) is 0 Å². The molecule has 28 heavy (non-hydrogen) atoms. The molecule has 0 saturated heterocycles. The third kappa shape index (κ3) is 5.79.